The van der Waals surface area contributed by atoms with Gasteiger partial charge in [-0.05, 0) is 36.7 Å². The molecule has 0 bridgehead atoms. The minimum Gasteiger partial charge on any atom is -0.457 e. The quantitative estimate of drug-likeness (QED) is 0.824. The lowest BCUT2D eigenvalue weighted by Gasteiger charge is -2.36. The number of nitrogens with one attached hydrogen (secondary N) is 1. The Morgan fingerprint density at radius 2 is 2.21 bits per heavy atom. The minimum absolute atomic E-state index is 0.0285. The van der Waals surface area contributed by atoms with Crippen molar-refractivity contribution in [3.63, 3.8) is 0 Å². The van der Waals surface area contributed by atoms with Crippen LogP contribution in [0.2, 0.25) is 0 Å². The van der Waals surface area contributed by atoms with Gasteiger partial charge in [-0.1, -0.05) is 27.2 Å². The van der Waals surface area contributed by atoms with Crippen LogP contribution in [0.15, 0.2) is 12.3 Å². The van der Waals surface area contributed by atoms with E-state index in [-0.39, 0.29) is 12.1 Å². The first-order valence-electron chi connectivity index (χ1n) is 7.12. The topological polar surface area (TPSA) is 68.1 Å². The molecule has 0 aromatic carbocycles. The first-order valence-corrected chi connectivity index (χ1v) is 7.12. The van der Waals surface area contributed by atoms with Gasteiger partial charge in [-0.3, -0.25) is 0 Å². The second kappa shape index (κ2) is 5.68. The summed E-state index contributed by atoms with van der Waals surface area (Å²) in [6.07, 6.45) is 4.97. The van der Waals surface area contributed by atoms with Crippen LogP contribution in [0.25, 0.3) is 0 Å². The number of anilines is 1. The van der Waals surface area contributed by atoms with Gasteiger partial charge in [-0.25, -0.2) is 4.79 Å². The van der Waals surface area contributed by atoms with Crippen LogP contribution in [-0.2, 0) is 4.74 Å². The van der Waals surface area contributed by atoms with Crippen LogP contribution >= 0.6 is 0 Å². The molecule has 3 N–H and O–H groups in total. The molecule has 1 aromatic heterocycles. The highest BCUT2D eigenvalue weighted by molar-refractivity contribution is 5.88. The fourth-order valence-corrected chi connectivity index (χ4v) is 2.98. The molecule has 3 atom stereocenters. The van der Waals surface area contributed by atoms with Crippen molar-refractivity contribution < 1.29 is 9.53 Å². The molecule has 1 heterocycles. The second-order valence-corrected chi connectivity index (χ2v) is 6.12. The maximum Gasteiger partial charge on any atom is 0.355 e. The lowest BCUT2D eigenvalue weighted by Crippen LogP contribution is -2.35. The van der Waals surface area contributed by atoms with E-state index in [1.807, 2.05) is 0 Å². The molecule has 106 valence electrons. The van der Waals surface area contributed by atoms with Crippen molar-refractivity contribution in [3.8, 4) is 0 Å². The molecule has 19 heavy (non-hydrogen) atoms. The molecular formula is C15H24N2O2. The lowest BCUT2D eigenvalue weighted by atomic mass is 9.75. The van der Waals surface area contributed by atoms with Crippen LogP contribution in [0.1, 0.15) is 50.5 Å². The Hall–Kier alpha value is -1.45. The van der Waals surface area contributed by atoms with Gasteiger partial charge in [0.25, 0.3) is 0 Å². The standard InChI is InChI=1S/C15H24N2O2/c1-9(2)12-5-4-10(3)6-14(12)19-15(18)13-7-11(16)8-17-13/h7-10,12,14,17H,4-6,16H2,1-3H3. The summed E-state index contributed by atoms with van der Waals surface area (Å²) < 4.78 is 5.71. The molecule has 0 radical (unpaired) electrons. The van der Waals surface area contributed by atoms with Crippen molar-refractivity contribution in [2.45, 2.75) is 46.1 Å². The number of esters is 1. The number of carbonyl (C=O) groups is 1. The van der Waals surface area contributed by atoms with Crippen molar-refractivity contribution in [1.29, 1.82) is 0 Å². The van der Waals surface area contributed by atoms with E-state index in [4.69, 9.17) is 10.5 Å². The molecule has 2 rings (SSSR count). The largest absolute Gasteiger partial charge is 0.457 e. The number of rotatable bonds is 3. The molecule has 0 saturated heterocycles. The van der Waals surface area contributed by atoms with Crippen LogP contribution in [0, 0.1) is 17.8 Å². The van der Waals surface area contributed by atoms with E-state index in [2.05, 4.69) is 25.8 Å². The summed E-state index contributed by atoms with van der Waals surface area (Å²) >= 11 is 0. The van der Waals surface area contributed by atoms with E-state index in [1.165, 1.54) is 6.42 Å². The van der Waals surface area contributed by atoms with Crippen LogP contribution in [0.4, 0.5) is 5.69 Å². The van der Waals surface area contributed by atoms with E-state index in [9.17, 15) is 4.79 Å². The monoisotopic (exact) mass is 264 g/mol. The summed E-state index contributed by atoms with van der Waals surface area (Å²) in [5.74, 6) is 1.34. The number of hydrogen-bond acceptors (Lipinski definition) is 3. The number of aromatic amines is 1. The van der Waals surface area contributed by atoms with Gasteiger partial charge in [0.05, 0.1) is 5.69 Å². The number of aromatic nitrogens is 1. The highest BCUT2D eigenvalue weighted by Crippen LogP contribution is 2.35. The highest BCUT2D eigenvalue weighted by Gasteiger charge is 2.33. The summed E-state index contributed by atoms with van der Waals surface area (Å²) in [4.78, 5) is 14.9. The van der Waals surface area contributed by atoms with Gasteiger partial charge in [0.2, 0.25) is 0 Å². The Balaban J connectivity index is 2.04. The van der Waals surface area contributed by atoms with Crippen LogP contribution < -0.4 is 5.73 Å². The van der Waals surface area contributed by atoms with Crippen molar-refractivity contribution >= 4 is 11.7 Å². The van der Waals surface area contributed by atoms with Crippen molar-refractivity contribution in [1.82, 2.24) is 4.98 Å². The molecule has 4 nitrogen and oxygen atoms in total. The Morgan fingerprint density at radius 1 is 1.47 bits per heavy atom. The molecule has 1 aliphatic carbocycles. The SMILES string of the molecule is CC1CCC(C(C)C)C(OC(=O)c2cc(N)c[nH]2)C1. The second-order valence-electron chi connectivity index (χ2n) is 6.12. The maximum atomic E-state index is 12.1. The molecule has 0 aliphatic heterocycles. The summed E-state index contributed by atoms with van der Waals surface area (Å²) in [7, 11) is 0. The van der Waals surface area contributed by atoms with Crippen LogP contribution in [-0.4, -0.2) is 17.1 Å². The summed E-state index contributed by atoms with van der Waals surface area (Å²) in [6.45, 7) is 6.63. The zero-order chi connectivity index (χ0) is 14.0. The molecule has 3 unspecified atom stereocenters. The Kier molecular flexibility index (Phi) is 4.17. The average molecular weight is 264 g/mol. The minimum atomic E-state index is -0.290. The Bertz CT molecular complexity index is 439. The zero-order valence-corrected chi connectivity index (χ0v) is 12.0. The van der Waals surface area contributed by atoms with Gasteiger partial charge in [-0.2, -0.15) is 0 Å². The van der Waals surface area contributed by atoms with Crippen LogP contribution in [0.5, 0.6) is 0 Å². The molecule has 1 fully saturated rings. The van der Waals surface area contributed by atoms with Gasteiger partial charge < -0.3 is 15.5 Å². The number of ether oxygens (including phenoxy) is 1. The molecule has 0 amide bonds. The number of carbonyl (C=O) groups excluding carboxylic acids is 1. The fourth-order valence-electron chi connectivity index (χ4n) is 2.98. The summed E-state index contributed by atoms with van der Waals surface area (Å²) in [5.41, 5.74) is 6.61. The number of nitrogens with two attached hydrogens (primary N) is 1. The highest BCUT2D eigenvalue weighted by atomic mass is 16.5. The molecule has 1 aromatic rings. The van der Waals surface area contributed by atoms with Gasteiger partial charge in [0.1, 0.15) is 11.8 Å². The van der Waals surface area contributed by atoms with Crippen LogP contribution in [0.3, 0.4) is 0 Å². The van der Waals surface area contributed by atoms with Gasteiger partial charge >= 0.3 is 5.97 Å². The van der Waals surface area contributed by atoms with E-state index in [0.29, 0.717) is 29.1 Å². The fraction of sp³-hybridized carbons (Fsp3) is 0.667. The predicted molar refractivity (Wildman–Crippen MR) is 75.8 cm³/mol. The van der Waals surface area contributed by atoms with E-state index >= 15 is 0 Å². The zero-order valence-electron chi connectivity index (χ0n) is 12.0. The van der Waals surface area contributed by atoms with E-state index in [0.717, 1.165) is 12.8 Å². The number of H-pyrrole nitrogens is 1. The van der Waals surface area contributed by atoms with Crippen molar-refractivity contribution in [2.75, 3.05) is 5.73 Å². The number of nitrogen functional groups attached to an aromatic ring is 1. The Morgan fingerprint density at radius 3 is 2.79 bits per heavy atom. The normalized spacial score (nSPS) is 27.5. The molecule has 4 heteroatoms. The Labute approximate surface area is 114 Å². The molecular weight excluding hydrogens is 240 g/mol. The van der Waals surface area contributed by atoms with Gasteiger partial charge in [0, 0.05) is 6.20 Å². The first-order chi connectivity index (χ1) is 8.97. The third-order valence-electron chi connectivity index (χ3n) is 4.14. The predicted octanol–water partition coefficient (Wildman–Crippen LogP) is 3.21. The lowest BCUT2D eigenvalue weighted by molar-refractivity contribution is -0.0178. The van der Waals surface area contributed by atoms with Crippen molar-refractivity contribution in [2.24, 2.45) is 17.8 Å². The average Bonchev–Trinajstić information content (AvgIpc) is 2.75. The van der Waals surface area contributed by atoms with Gasteiger partial charge in [0.15, 0.2) is 0 Å². The van der Waals surface area contributed by atoms with Gasteiger partial charge in [-0.15, -0.1) is 0 Å². The maximum absolute atomic E-state index is 12.1. The third-order valence-corrected chi connectivity index (χ3v) is 4.14. The van der Waals surface area contributed by atoms with Crippen molar-refractivity contribution in [3.05, 3.63) is 18.0 Å². The van der Waals surface area contributed by atoms with E-state index in [1.54, 1.807) is 12.3 Å². The third kappa shape index (κ3) is 3.31. The molecule has 1 saturated carbocycles. The smallest absolute Gasteiger partial charge is 0.355 e. The van der Waals surface area contributed by atoms with E-state index < -0.39 is 0 Å². The molecule has 0 spiro atoms. The molecule has 1 aliphatic rings. The first kappa shape index (κ1) is 14.0. The summed E-state index contributed by atoms with van der Waals surface area (Å²) in [6, 6.07) is 1.62. The summed E-state index contributed by atoms with van der Waals surface area (Å²) in [5, 5.41) is 0. The number of hydrogen-bond donors (Lipinski definition) is 2.